The highest BCUT2D eigenvalue weighted by Crippen LogP contribution is 2.43. The summed E-state index contributed by atoms with van der Waals surface area (Å²) < 4.78 is 4.06. The standard InChI is InChI=1S/C51H35N9/c1-8-13-17-32-24-37-36(20-28(32)6)44-52-45(37)55-51-43-27-33(16-9-2)31(12-5)23-42(43)50-57-47-39-26-35-19-15-14-18-34(35)25-38(39)46(53-47)56-49-41-22-30(11-4)29(10-3)21-40(41)48(54-44)59(49)58(7)60(50)51/h1,9-27H,3-5H2,2,6-7H3/b16-9-,17-13-,54-44?,54-48?,55-45?,55-51?,56-46?,56-49?,57-47?,57-50?. The maximum Gasteiger partial charge on any atom is 0.165 e. The lowest BCUT2D eigenvalue weighted by Crippen LogP contribution is -2.48. The van der Waals surface area contributed by atoms with E-state index in [1.165, 1.54) is 0 Å². The summed E-state index contributed by atoms with van der Waals surface area (Å²) in [5.41, 5.74) is 10.5. The number of allylic oxidation sites excluding steroid dienone is 2. The molecule has 284 valence electrons. The lowest BCUT2D eigenvalue weighted by atomic mass is 9.99. The number of rotatable bonds is 5. The van der Waals surface area contributed by atoms with E-state index < -0.39 is 0 Å². The van der Waals surface area contributed by atoms with Crippen LogP contribution in [0.15, 0.2) is 135 Å². The normalized spacial score (nSPS) is 14.6. The largest absolute Gasteiger partial charge is 0.214 e. The Morgan fingerprint density at radius 3 is 1.57 bits per heavy atom. The van der Waals surface area contributed by atoms with Crippen molar-refractivity contribution in [2.24, 2.45) is 30.0 Å². The van der Waals surface area contributed by atoms with Gasteiger partial charge in [-0.1, -0.05) is 80.3 Å². The van der Waals surface area contributed by atoms with E-state index in [0.29, 0.717) is 46.0 Å². The van der Waals surface area contributed by atoms with Gasteiger partial charge in [0.25, 0.3) is 0 Å². The number of aliphatic imine (C=N–C) groups is 4. The molecular formula is C51H35N9. The lowest BCUT2D eigenvalue weighted by molar-refractivity contribution is 0.547. The highest BCUT2D eigenvalue weighted by molar-refractivity contribution is 6.26. The number of hydrogen-bond donors (Lipinski definition) is 0. The smallest absolute Gasteiger partial charge is 0.165 e. The monoisotopic (exact) mass is 773 g/mol. The summed E-state index contributed by atoms with van der Waals surface area (Å²) in [5, 5.41) is 7.61. The molecule has 11 rings (SSSR count). The third kappa shape index (κ3) is 4.88. The molecule has 0 saturated heterocycles. The second kappa shape index (κ2) is 12.9. The maximum atomic E-state index is 5.66. The van der Waals surface area contributed by atoms with E-state index in [0.717, 1.165) is 88.0 Å². The molecule has 0 unspecified atom stereocenters. The van der Waals surface area contributed by atoms with Crippen LogP contribution in [0.3, 0.4) is 0 Å². The van der Waals surface area contributed by atoms with Crippen LogP contribution < -0.4 is 16.1 Å². The lowest BCUT2D eigenvalue weighted by Gasteiger charge is -2.25. The molecule has 6 heterocycles. The van der Waals surface area contributed by atoms with Gasteiger partial charge in [0.05, 0.1) is 0 Å². The summed E-state index contributed by atoms with van der Waals surface area (Å²) in [4.78, 5) is 32.4. The summed E-state index contributed by atoms with van der Waals surface area (Å²) >= 11 is 0. The van der Waals surface area contributed by atoms with E-state index in [9.17, 15) is 0 Å². The second-order valence-corrected chi connectivity index (χ2v) is 15.0. The van der Waals surface area contributed by atoms with Crippen molar-refractivity contribution in [1.29, 1.82) is 0 Å². The van der Waals surface area contributed by atoms with E-state index in [1.54, 1.807) is 6.08 Å². The van der Waals surface area contributed by atoms with Crippen LogP contribution in [0.1, 0.15) is 62.6 Å². The topological polar surface area (TPSA) is 87.3 Å². The number of amidine groups is 4. The Balaban J connectivity index is 1.39. The Morgan fingerprint density at radius 1 is 0.550 bits per heavy atom. The van der Waals surface area contributed by atoms with Gasteiger partial charge in [0.1, 0.15) is 0 Å². The van der Waals surface area contributed by atoms with Gasteiger partial charge < -0.3 is 0 Å². The number of fused-ring (bicyclic) bond motifs is 15. The molecule has 4 aliphatic heterocycles. The fourth-order valence-electron chi connectivity index (χ4n) is 8.79. The zero-order chi connectivity index (χ0) is 41.0. The summed E-state index contributed by atoms with van der Waals surface area (Å²) in [7, 11) is 1.99. The third-order valence-corrected chi connectivity index (χ3v) is 11.7. The van der Waals surface area contributed by atoms with Crippen LogP contribution in [0.2, 0.25) is 0 Å². The summed E-state index contributed by atoms with van der Waals surface area (Å²) in [6, 6.07) is 25.3. The quantitative estimate of drug-likeness (QED) is 0.160. The molecular weight excluding hydrogens is 739 g/mol. The van der Waals surface area contributed by atoms with E-state index in [1.807, 2.05) is 71.0 Å². The highest BCUT2D eigenvalue weighted by Gasteiger charge is 2.32. The summed E-state index contributed by atoms with van der Waals surface area (Å²) in [6.45, 7) is 16.6. The molecule has 0 amide bonds. The first-order valence-corrected chi connectivity index (χ1v) is 19.6. The van der Waals surface area contributed by atoms with Crippen molar-refractivity contribution >= 4 is 97.7 Å². The van der Waals surface area contributed by atoms with E-state index in [4.69, 9.17) is 36.4 Å². The van der Waals surface area contributed by atoms with E-state index in [-0.39, 0.29) is 0 Å². The molecule has 0 spiro atoms. The summed E-state index contributed by atoms with van der Waals surface area (Å²) in [6.07, 6.45) is 19.0. The number of aromatic nitrogens is 2. The number of hydrogen-bond acceptors (Lipinski definition) is 7. The third-order valence-electron chi connectivity index (χ3n) is 11.7. The van der Waals surface area contributed by atoms with Crippen LogP contribution in [0, 0.1) is 19.3 Å². The van der Waals surface area contributed by atoms with Crippen molar-refractivity contribution in [1.82, 2.24) is 9.35 Å². The van der Waals surface area contributed by atoms with Gasteiger partial charge in [-0.25, -0.2) is 44.4 Å². The number of terminal acetylenes is 1. The first-order chi connectivity index (χ1) is 29.3. The van der Waals surface area contributed by atoms with Crippen molar-refractivity contribution in [2.45, 2.75) is 13.8 Å². The van der Waals surface area contributed by atoms with Gasteiger partial charge in [0, 0.05) is 50.8 Å². The minimum absolute atomic E-state index is 0.521. The molecule has 9 nitrogen and oxygen atoms in total. The molecule has 0 aliphatic carbocycles. The molecule has 0 saturated carbocycles. The molecule has 0 atom stereocenters. The molecule has 60 heavy (non-hydrogen) atoms. The van der Waals surface area contributed by atoms with Gasteiger partial charge >= 0.3 is 0 Å². The highest BCUT2D eigenvalue weighted by atomic mass is 15.8. The van der Waals surface area contributed by atoms with Gasteiger partial charge in [-0.2, -0.15) is 0 Å². The van der Waals surface area contributed by atoms with Crippen LogP contribution in [0.25, 0.3) is 62.7 Å². The summed E-state index contributed by atoms with van der Waals surface area (Å²) in [5.74, 6) is 6.03. The Morgan fingerprint density at radius 2 is 1.03 bits per heavy atom. The Kier molecular flexibility index (Phi) is 7.52. The molecule has 0 radical (unpaired) electrons. The molecule has 0 fully saturated rings. The van der Waals surface area contributed by atoms with Crippen molar-refractivity contribution < 1.29 is 0 Å². The molecule has 9 heteroatoms. The number of nitrogens with zero attached hydrogens (tertiary/aromatic N) is 9. The van der Waals surface area contributed by atoms with Gasteiger partial charge in [0.2, 0.25) is 0 Å². The van der Waals surface area contributed by atoms with Gasteiger partial charge in [-0.15, -0.1) is 6.42 Å². The Labute approximate surface area is 345 Å². The predicted molar refractivity (Wildman–Crippen MR) is 249 cm³/mol. The van der Waals surface area contributed by atoms with E-state index in [2.05, 4.69) is 99.3 Å². The Hall–Kier alpha value is -8.22. The van der Waals surface area contributed by atoms with Crippen LogP contribution >= 0.6 is 0 Å². The van der Waals surface area contributed by atoms with Crippen LogP contribution in [0.5, 0.6) is 0 Å². The predicted octanol–water partition coefficient (Wildman–Crippen LogP) is 9.64. The molecule has 4 aliphatic rings. The Bertz CT molecular complexity index is 3590. The fourth-order valence-corrected chi connectivity index (χ4v) is 8.79. The molecule has 6 bridgehead atoms. The molecule has 0 N–H and O–H groups in total. The van der Waals surface area contributed by atoms with Crippen molar-refractivity contribution in [3.63, 3.8) is 0 Å². The van der Waals surface area contributed by atoms with Crippen LogP contribution in [-0.4, -0.2) is 39.7 Å². The average molecular weight is 774 g/mol. The van der Waals surface area contributed by atoms with Crippen molar-refractivity contribution in [2.75, 3.05) is 12.2 Å². The van der Waals surface area contributed by atoms with Gasteiger partial charge in [-0.3, -0.25) is 0 Å². The van der Waals surface area contributed by atoms with Crippen LogP contribution in [-0.2, 0) is 0 Å². The number of benzene rings is 5. The van der Waals surface area contributed by atoms with Gasteiger partial charge in [-0.05, 0) is 119 Å². The molecule has 2 aromatic heterocycles. The van der Waals surface area contributed by atoms with E-state index >= 15 is 0 Å². The van der Waals surface area contributed by atoms with Crippen LogP contribution in [0.4, 0.5) is 11.6 Å². The minimum atomic E-state index is 0.521. The fraction of sp³-hybridized carbons (Fsp3) is 0.0588. The molecule has 7 aromatic rings. The SMILES string of the molecule is C#C/C=C\c1cc2c(cc1C)C1=NC2=Nc2c3cc(/C=C\C)c(C=C)cc3c3n2N(C)n2c(c4cc(C=C)c(C=C)cc4c2=N1)=NC1=NC(=N3)c2cc3ccccc3cc21. The zero-order valence-corrected chi connectivity index (χ0v) is 33.2. The zero-order valence-electron chi connectivity index (χ0n) is 33.2. The number of aryl methyl sites for hydroxylation is 1. The second-order valence-electron chi connectivity index (χ2n) is 15.0. The molecule has 5 aromatic carbocycles. The minimum Gasteiger partial charge on any atom is -0.214 e. The van der Waals surface area contributed by atoms with Gasteiger partial charge in [0.15, 0.2) is 46.0 Å². The average Bonchev–Trinajstić information content (AvgIpc) is 3.95. The maximum absolute atomic E-state index is 5.66. The first-order valence-electron chi connectivity index (χ1n) is 19.6. The first kappa shape index (κ1) is 35.0. The van der Waals surface area contributed by atoms with Crippen molar-refractivity contribution in [3.05, 3.63) is 171 Å². The van der Waals surface area contributed by atoms with Crippen molar-refractivity contribution in [3.8, 4) is 12.3 Å².